The van der Waals surface area contributed by atoms with Crippen molar-refractivity contribution in [3.8, 4) is 5.69 Å². The number of halogens is 1. The Balaban J connectivity index is 1.81. The number of amides is 1. The van der Waals surface area contributed by atoms with E-state index in [1.807, 2.05) is 38.1 Å². The van der Waals surface area contributed by atoms with E-state index >= 15 is 0 Å². The van der Waals surface area contributed by atoms with E-state index in [0.29, 0.717) is 34.7 Å². The van der Waals surface area contributed by atoms with Crippen LogP contribution in [0.2, 0.25) is 5.02 Å². The van der Waals surface area contributed by atoms with Gasteiger partial charge in [0.1, 0.15) is 5.56 Å². The normalized spacial score (nSPS) is 14.7. The molecule has 0 fully saturated rings. The molecule has 0 saturated heterocycles. The fourth-order valence-corrected chi connectivity index (χ4v) is 4.29. The molecule has 0 saturated carbocycles. The number of Topliss-reactive ketones (excluding diaryl/α,β-unsaturated/α-hetero) is 1. The second-order valence-electron chi connectivity index (χ2n) is 8.66. The summed E-state index contributed by atoms with van der Waals surface area (Å²) in [6.45, 7) is 4.18. The molecule has 1 heterocycles. The van der Waals surface area contributed by atoms with Crippen LogP contribution in [-0.2, 0) is 13.0 Å². The van der Waals surface area contributed by atoms with Crippen LogP contribution in [-0.4, -0.2) is 16.3 Å². The van der Waals surface area contributed by atoms with Crippen LogP contribution in [0.15, 0.2) is 65.6 Å². The molecule has 1 N–H and O–H groups in total. The number of fused-ring (bicyclic) bond motifs is 1. The van der Waals surface area contributed by atoms with Gasteiger partial charge in [-0.2, -0.15) is 0 Å². The largest absolute Gasteiger partial charge is 0.348 e. The van der Waals surface area contributed by atoms with E-state index in [1.54, 1.807) is 36.5 Å². The number of pyridine rings is 1. The molecular formula is C25H23ClN2O3. The van der Waals surface area contributed by atoms with Crippen LogP contribution < -0.4 is 10.9 Å². The molecule has 4 rings (SSSR count). The number of hydrogen-bond donors (Lipinski definition) is 1. The Morgan fingerprint density at radius 3 is 2.52 bits per heavy atom. The van der Waals surface area contributed by atoms with Crippen molar-refractivity contribution in [1.29, 1.82) is 0 Å². The zero-order valence-corrected chi connectivity index (χ0v) is 18.2. The first kappa shape index (κ1) is 21.1. The fourth-order valence-electron chi connectivity index (χ4n) is 4.08. The molecular weight excluding hydrogens is 412 g/mol. The minimum Gasteiger partial charge on any atom is -0.348 e. The molecule has 158 valence electrons. The fraction of sp³-hybridized carbons (Fsp3) is 0.240. The lowest BCUT2D eigenvalue weighted by Gasteiger charge is -2.31. The quantitative estimate of drug-likeness (QED) is 0.653. The number of carbonyl (C=O) groups is 2. The van der Waals surface area contributed by atoms with Gasteiger partial charge in [-0.15, -0.1) is 0 Å². The number of aromatic nitrogens is 1. The second-order valence-corrected chi connectivity index (χ2v) is 9.10. The van der Waals surface area contributed by atoms with E-state index in [1.165, 1.54) is 4.57 Å². The van der Waals surface area contributed by atoms with Crippen molar-refractivity contribution in [1.82, 2.24) is 9.88 Å². The summed E-state index contributed by atoms with van der Waals surface area (Å²) >= 11 is 6.03. The number of para-hydroxylation sites is 1. The first-order valence-corrected chi connectivity index (χ1v) is 10.5. The molecule has 0 unspecified atom stereocenters. The lowest BCUT2D eigenvalue weighted by molar-refractivity contribution is 0.0909. The Morgan fingerprint density at radius 2 is 1.81 bits per heavy atom. The minimum atomic E-state index is -0.489. The third-order valence-corrected chi connectivity index (χ3v) is 5.75. The van der Waals surface area contributed by atoms with Crippen molar-refractivity contribution in [3.63, 3.8) is 0 Å². The van der Waals surface area contributed by atoms with E-state index in [9.17, 15) is 14.4 Å². The van der Waals surface area contributed by atoms with E-state index in [-0.39, 0.29) is 23.3 Å². The van der Waals surface area contributed by atoms with Crippen molar-refractivity contribution in [3.05, 3.63) is 98.4 Å². The lowest BCUT2D eigenvalue weighted by Crippen LogP contribution is -2.38. The van der Waals surface area contributed by atoms with Gasteiger partial charge in [-0.05, 0) is 47.2 Å². The van der Waals surface area contributed by atoms with Crippen molar-refractivity contribution in [2.45, 2.75) is 33.2 Å². The average Bonchev–Trinajstić information content (AvgIpc) is 2.72. The van der Waals surface area contributed by atoms with E-state index in [2.05, 4.69) is 5.32 Å². The number of ketones is 1. The standard InChI is InChI=1S/C25H23ClN2O3/c1-25(2)12-19-20(21(29)13-25)15-28(18-9-4-3-5-10-18)24(31)22(19)23(30)27-14-16-7-6-8-17(26)11-16/h3-11,15H,12-14H2,1-2H3,(H,27,30). The molecule has 0 aliphatic heterocycles. The van der Waals surface area contributed by atoms with Crippen molar-refractivity contribution < 1.29 is 9.59 Å². The SMILES string of the molecule is CC1(C)CC(=O)c2cn(-c3ccccc3)c(=O)c(C(=O)NCc3cccc(Cl)c3)c2C1. The number of carbonyl (C=O) groups excluding carboxylic acids is 2. The summed E-state index contributed by atoms with van der Waals surface area (Å²) in [5.74, 6) is -0.545. The van der Waals surface area contributed by atoms with Crippen LogP contribution in [0.25, 0.3) is 5.69 Å². The van der Waals surface area contributed by atoms with Crippen LogP contribution in [0.4, 0.5) is 0 Å². The summed E-state index contributed by atoms with van der Waals surface area (Å²) in [5.41, 5.74) is 1.68. The Morgan fingerprint density at radius 1 is 1.06 bits per heavy atom. The molecule has 31 heavy (non-hydrogen) atoms. The maximum atomic E-state index is 13.4. The minimum absolute atomic E-state index is 0.0320. The number of rotatable bonds is 4. The van der Waals surface area contributed by atoms with Crippen molar-refractivity contribution in [2.24, 2.45) is 5.41 Å². The van der Waals surface area contributed by atoms with Gasteiger partial charge < -0.3 is 5.32 Å². The van der Waals surface area contributed by atoms with Gasteiger partial charge in [0.2, 0.25) is 0 Å². The van der Waals surface area contributed by atoms with Crippen molar-refractivity contribution >= 4 is 23.3 Å². The topological polar surface area (TPSA) is 68.2 Å². The zero-order valence-electron chi connectivity index (χ0n) is 17.4. The maximum Gasteiger partial charge on any atom is 0.268 e. The van der Waals surface area contributed by atoms with Crippen molar-refractivity contribution in [2.75, 3.05) is 0 Å². The highest BCUT2D eigenvalue weighted by molar-refractivity contribution is 6.30. The number of hydrogen-bond acceptors (Lipinski definition) is 3. The third kappa shape index (κ3) is 4.32. The van der Waals surface area contributed by atoms with E-state index in [4.69, 9.17) is 11.6 Å². The van der Waals surface area contributed by atoms with Gasteiger partial charge in [0, 0.05) is 35.4 Å². The van der Waals surface area contributed by atoms with Gasteiger partial charge in [-0.1, -0.05) is 55.8 Å². The van der Waals surface area contributed by atoms with Crippen LogP contribution in [0.1, 0.15) is 52.1 Å². The monoisotopic (exact) mass is 434 g/mol. The highest BCUT2D eigenvalue weighted by atomic mass is 35.5. The van der Waals surface area contributed by atoms with Gasteiger partial charge in [-0.3, -0.25) is 19.0 Å². The highest BCUT2D eigenvalue weighted by Gasteiger charge is 2.35. The first-order chi connectivity index (χ1) is 14.7. The molecule has 2 aromatic carbocycles. The summed E-state index contributed by atoms with van der Waals surface area (Å²) in [6, 6.07) is 16.2. The van der Waals surface area contributed by atoms with Crippen LogP contribution in [0.5, 0.6) is 0 Å². The molecule has 0 bridgehead atoms. The number of nitrogens with one attached hydrogen (secondary N) is 1. The summed E-state index contributed by atoms with van der Waals surface area (Å²) in [4.78, 5) is 39.6. The molecule has 0 radical (unpaired) electrons. The predicted molar refractivity (Wildman–Crippen MR) is 121 cm³/mol. The summed E-state index contributed by atoms with van der Waals surface area (Å²) in [6.07, 6.45) is 2.44. The Hall–Kier alpha value is -3.18. The lowest BCUT2D eigenvalue weighted by atomic mass is 9.73. The van der Waals surface area contributed by atoms with Gasteiger partial charge in [0.15, 0.2) is 5.78 Å². The Labute approximate surface area is 185 Å². The van der Waals surface area contributed by atoms with Gasteiger partial charge >= 0.3 is 0 Å². The molecule has 1 aliphatic carbocycles. The molecule has 1 aromatic heterocycles. The highest BCUT2D eigenvalue weighted by Crippen LogP contribution is 2.35. The van der Waals surface area contributed by atoms with Gasteiger partial charge in [0.25, 0.3) is 11.5 Å². The summed E-state index contributed by atoms with van der Waals surface area (Å²) in [5, 5.41) is 3.40. The zero-order chi connectivity index (χ0) is 22.2. The number of nitrogens with zero attached hydrogens (tertiary/aromatic N) is 1. The second kappa shape index (κ2) is 8.16. The maximum absolute atomic E-state index is 13.4. The van der Waals surface area contributed by atoms with Crippen LogP contribution in [0, 0.1) is 5.41 Å². The number of benzene rings is 2. The van der Waals surface area contributed by atoms with E-state index < -0.39 is 11.5 Å². The summed E-state index contributed by atoms with van der Waals surface area (Å²) < 4.78 is 1.39. The average molecular weight is 435 g/mol. The smallest absolute Gasteiger partial charge is 0.268 e. The van der Waals surface area contributed by atoms with Crippen LogP contribution in [0.3, 0.4) is 0 Å². The van der Waals surface area contributed by atoms with E-state index in [0.717, 1.165) is 5.56 Å². The van der Waals surface area contributed by atoms with Gasteiger partial charge in [-0.25, -0.2) is 0 Å². The van der Waals surface area contributed by atoms with Crippen LogP contribution >= 0.6 is 11.6 Å². The first-order valence-electron chi connectivity index (χ1n) is 10.1. The molecule has 1 aliphatic rings. The molecule has 6 heteroatoms. The third-order valence-electron chi connectivity index (χ3n) is 5.52. The molecule has 0 spiro atoms. The Kier molecular flexibility index (Phi) is 5.54. The molecule has 1 amide bonds. The summed E-state index contributed by atoms with van der Waals surface area (Å²) in [7, 11) is 0. The predicted octanol–water partition coefficient (Wildman–Crippen LogP) is 4.58. The van der Waals surface area contributed by atoms with Gasteiger partial charge in [0.05, 0.1) is 0 Å². The molecule has 5 nitrogen and oxygen atoms in total. The Bertz CT molecular complexity index is 1230. The molecule has 0 atom stereocenters. The molecule has 3 aromatic rings.